The molecule has 4 heteroatoms. The summed E-state index contributed by atoms with van der Waals surface area (Å²) in [7, 11) is 0. The van der Waals surface area contributed by atoms with Crippen molar-refractivity contribution in [3.63, 3.8) is 0 Å². The Labute approximate surface area is 120 Å². The highest BCUT2D eigenvalue weighted by molar-refractivity contribution is 6.02. The van der Waals surface area contributed by atoms with E-state index in [1.165, 1.54) is 0 Å². The van der Waals surface area contributed by atoms with Gasteiger partial charge in [-0.15, -0.1) is 6.58 Å². The highest BCUT2D eigenvalue weighted by Gasteiger charge is 2.60. The molecule has 1 atom stereocenters. The summed E-state index contributed by atoms with van der Waals surface area (Å²) in [4.78, 5) is 27.6. The lowest BCUT2D eigenvalue weighted by Crippen LogP contribution is -2.76. The van der Waals surface area contributed by atoms with Crippen molar-refractivity contribution in [2.75, 3.05) is 6.54 Å². The van der Waals surface area contributed by atoms with Gasteiger partial charge in [-0.1, -0.05) is 25.3 Å². The third kappa shape index (κ3) is 1.80. The van der Waals surface area contributed by atoms with Crippen molar-refractivity contribution in [1.29, 1.82) is 0 Å². The van der Waals surface area contributed by atoms with Crippen LogP contribution in [0.3, 0.4) is 0 Å². The van der Waals surface area contributed by atoms with Crippen LogP contribution in [0.1, 0.15) is 51.9 Å². The molecule has 0 aromatic heterocycles. The number of amides is 2. The van der Waals surface area contributed by atoms with Gasteiger partial charge >= 0.3 is 0 Å². The first-order valence-corrected chi connectivity index (χ1v) is 7.80. The second-order valence-corrected chi connectivity index (χ2v) is 6.73. The summed E-state index contributed by atoms with van der Waals surface area (Å²) in [5.41, 5.74) is -1.30. The fourth-order valence-electron chi connectivity index (χ4n) is 3.96. The van der Waals surface area contributed by atoms with Gasteiger partial charge in [0.1, 0.15) is 11.1 Å². The summed E-state index contributed by atoms with van der Waals surface area (Å²) in [6.45, 7) is 6.16. The van der Waals surface area contributed by atoms with Gasteiger partial charge in [0.25, 0.3) is 0 Å². The Hall–Kier alpha value is -1.32. The SMILES string of the molecule is C=CCN1C(=O)C(C)(C2CC2)NC(=O)C12CCCCC2. The molecule has 1 N–H and O–H groups in total. The molecule has 0 bridgehead atoms. The molecule has 110 valence electrons. The minimum absolute atomic E-state index is 0.0630. The maximum Gasteiger partial charge on any atom is 0.249 e. The summed E-state index contributed by atoms with van der Waals surface area (Å²) in [5.74, 6) is 0.474. The lowest BCUT2D eigenvalue weighted by molar-refractivity contribution is -0.165. The molecule has 0 radical (unpaired) electrons. The van der Waals surface area contributed by atoms with Gasteiger partial charge in [0.05, 0.1) is 0 Å². The third-order valence-electron chi connectivity index (χ3n) is 5.39. The van der Waals surface area contributed by atoms with Crippen molar-refractivity contribution in [3.05, 3.63) is 12.7 Å². The molecule has 4 nitrogen and oxygen atoms in total. The molecule has 1 spiro atoms. The molecule has 1 saturated heterocycles. The second-order valence-electron chi connectivity index (χ2n) is 6.73. The van der Waals surface area contributed by atoms with Crippen LogP contribution in [-0.4, -0.2) is 34.3 Å². The molecule has 0 aromatic carbocycles. The fraction of sp³-hybridized carbons (Fsp3) is 0.750. The molecule has 3 aliphatic rings. The van der Waals surface area contributed by atoms with E-state index >= 15 is 0 Å². The van der Waals surface area contributed by atoms with Gasteiger partial charge in [0.15, 0.2) is 0 Å². The molecule has 2 amide bonds. The van der Waals surface area contributed by atoms with Gasteiger partial charge in [-0.2, -0.15) is 0 Å². The second kappa shape index (κ2) is 4.61. The predicted molar refractivity (Wildman–Crippen MR) is 77.0 cm³/mol. The normalized spacial score (nSPS) is 33.1. The molecule has 3 rings (SSSR count). The van der Waals surface area contributed by atoms with Crippen LogP contribution in [-0.2, 0) is 9.59 Å². The lowest BCUT2D eigenvalue weighted by atomic mass is 9.74. The predicted octanol–water partition coefficient (Wildman–Crippen LogP) is 2.00. The number of hydrogen-bond acceptors (Lipinski definition) is 2. The quantitative estimate of drug-likeness (QED) is 0.802. The first kappa shape index (κ1) is 13.7. The van der Waals surface area contributed by atoms with Gasteiger partial charge in [-0.3, -0.25) is 9.59 Å². The summed E-state index contributed by atoms with van der Waals surface area (Å²) in [6, 6.07) is 0. The van der Waals surface area contributed by atoms with Crippen LogP contribution in [0.5, 0.6) is 0 Å². The fourth-order valence-corrected chi connectivity index (χ4v) is 3.96. The molecule has 1 unspecified atom stereocenters. The van der Waals surface area contributed by atoms with Gasteiger partial charge in [0.2, 0.25) is 11.8 Å². The summed E-state index contributed by atoms with van der Waals surface area (Å²) < 4.78 is 0. The number of rotatable bonds is 3. The van der Waals surface area contributed by atoms with Crippen molar-refractivity contribution < 1.29 is 9.59 Å². The summed E-state index contributed by atoms with van der Waals surface area (Å²) >= 11 is 0. The highest BCUT2D eigenvalue weighted by Crippen LogP contribution is 2.46. The molecule has 20 heavy (non-hydrogen) atoms. The first-order chi connectivity index (χ1) is 9.54. The maximum absolute atomic E-state index is 13.0. The summed E-state index contributed by atoms with van der Waals surface area (Å²) in [5, 5.41) is 3.09. The van der Waals surface area contributed by atoms with E-state index < -0.39 is 11.1 Å². The summed E-state index contributed by atoms with van der Waals surface area (Å²) in [6.07, 6.45) is 8.61. The van der Waals surface area contributed by atoms with Gasteiger partial charge in [-0.25, -0.2) is 0 Å². The van der Waals surface area contributed by atoms with Crippen LogP contribution in [0.4, 0.5) is 0 Å². The average Bonchev–Trinajstić information content (AvgIpc) is 3.28. The zero-order valence-electron chi connectivity index (χ0n) is 12.3. The Morgan fingerprint density at radius 3 is 2.50 bits per heavy atom. The molecule has 0 aromatic rings. The van der Waals surface area contributed by atoms with Crippen LogP contribution in [0, 0.1) is 5.92 Å². The van der Waals surface area contributed by atoms with Crippen molar-refractivity contribution in [2.24, 2.45) is 5.92 Å². The molecule has 3 fully saturated rings. The molecular weight excluding hydrogens is 252 g/mol. The van der Waals surface area contributed by atoms with Crippen LogP contribution < -0.4 is 5.32 Å². The maximum atomic E-state index is 13.0. The number of hydrogen-bond donors (Lipinski definition) is 1. The average molecular weight is 276 g/mol. The van der Waals surface area contributed by atoms with Gasteiger partial charge in [0, 0.05) is 6.54 Å². The standard InChI is InChI=1S/C16H24N2O2/c1-3-11-18-14(20)15(2,12-7-8-12)17-13(19)16(18)9-5-4-6-10-16/h3,12H,1,4-11H2,2H3,(H,17,19). The first-order valence-electron chi connectivity index (χ1n) is 7.80. The highest BCUT2D eigenvalue weighted by atomic mass is 16.2. The van der Waals surface area contributed by atoms with Crippen LogP contribution in [0.15, 0.2) is 12.7 Å². The van der Waals surface area contributed by atoms with Crippen molar-refractivity contribution in [2.45, 2.75) is 62.9 Å². The molecule has 1 heterocycles. The van der Waals surface area contributed by atoms with Gasteiger partial charge < -0.3 is 10.2 Å². The Morgan fingerprint density at radius 2 is 1.95 bits per heavy atom. The number of carbonyl (C=O) groups excluding carboxylic acids is 2. The number of piperazine rings is 1. The Balaban J connectivity index is 1.97. The topological polar surface area (TPSA) is 49.4 Å². The molecule has 2 aliphatic carbocycles. The zero-order valence-corrected chi connectivity index (χ0v) is 12.3. The van der Waals surface area contributed by atoms with Crippen LogP contribution in [0.25, 0.3) is 0 Å². The van der Waals surface area contributed by atoms with E-state index in [9.17, 15) is 9.59 Å². The minimum atomic E-state index is -0.692. The number of nitrogens with zero attached hydrogens (tertiary/aromatic N) is 1. The Kier molecular flexibility index (Phi) is 3.14. The van der Waals surface area contributed by atoms with Crippen molar-refractivity contribution >= 4 is 11.8 Å². The van der Waals surface area contributed by atoms with E-state index in [1.807, 2.05) is 11.8 Å². The lowest BCUT2D eigenvalue weighted by Gasteiger charge is -2.53. The molecule has 2 saturated carbocycles. The zero-order chi connectivity index (χ0) is 14.4. The molecular formula is C16H24N2O2. The minimum Gasteiger partial charge on any atom is -0.340 e. The third-order valence-corrected chi connectivity index (χ3v) is 5.39. The van der Waals surface area contributed by atoms with Crippen LogP contribution in [0.2, 0.25) is 0 Å². The van der Waals surface area contributed by atoms with E-state index in [-0.39, 0.29) is 11.8 Å². The van der Waals surface area contributed by atoms with Crippen LogP contribution >= 0.6 is 0 Å². The Morgan fingerprint density at radius 1 is 1.30 bits per heavy atom. The Bertz CT molecular complexity index is 449. The largest absolute Gasteiger partial charge is 0.340 e. The van der Waals surface area contributed by atoms with Crippen molar-refractivity contribution in [1.82, 2.24) is 10.2 Å². The van der Waals surface area contributed by atoms with E-state index in [0.717, 1.165) is 44.9 Å². The monoisotopic (exact) mass is 276 g/mol. The van der Waals surface area contributed by atoms with E-state index in [0.29, 0.717) is 12.5 Å². The van der Waals surface area contributed by atoms with Crippen molar-refractivity contribution in [3.8, 4) is 0 Å². The smallest absolute Gasteiger partial charge is 0.249 e. The number of nitrogens with one attached hydrogen (secondary N) is 1. The van der Waals surface area contributed by atoms with E-state index in [1.54, 1.807) is 6.08 Å². The number of carbonyl (C=O) groups is 2. The molecule has 1 aliphatic heterocycles. The van der Waals surface area contributed by atoms with Gasteiger partial charge in [-0.05, 0) is 38.5 Å². The van der Waals surface area contributed by atoms with E-state index in [2.05, 4.69) is 11.9 Å². The van der Waals surface area contributed by atoms with E-state index in [4.69, 9.17) is 0 Å².